The van der Waals surface area contributed by atoms with Crippen LogP contribution in [0.4, 0.5) is 14.4 Å². The van der Waals surface area contributed by atoms with Crippen LogP contribution in [-0.4, -0.2) is 173 Å². The second-order valence-electron chi connectivity index (χ2n) is 14.5. The molecule has 0 saturated carbocycles. The number of halogens is 1. The third kappa shape index (κ3) is 10.2. The van der Waals surface area contributed by atoms with Crippen LogP contribution in [-0.2, 0) is 9.68 Å². The van der Waals surface area contributed by atoms with E-state index in [1.165, 1.54) is 34.5 Å². The molecule has 1 N–H and O–H groups in total. The molecule has 3 fully saturated rings. The number of carbonyl (C=O) groups excluding carboxylic acids is 6. The quantitative estimate of drug-likeness (QED) is 0.165. The van der Waals surface area contributed by atoms with E-state index >= 15 is 0 Å². The third-order valence-corrected chi connectivity index (χ3v) is 10.7. The van der Waals surface area contributed by atoms with Gasteiger partial charge in [-0.1, -0.05) is 12.2 Å². The minimum absolute atomic E-state index is 0.0162. The molecule has 3 aromatic heterocycles. The van der Waals surface area contributed by atoms with Crippen molar-refractivity contribution >= 4 is 69.4 Å². The van der Waals surface area contributed by atoms with E-state index in [1.54, 1.807) is 85.0 Å². The molecule has 6 bridgehead atoms. The number of ketones is 3. The molecule has 3 saturated heterocycles. The number of nitrogens with one attached hydrogen (secondary N) is 1. The van der Waals surface area contributed by atoms with Gasteiger partial charge in [-0.3, -0.25) is 29.2 Å². The second kappa shape index (κ2) is 19.5. The molecule has 3 unspecified atom stereocenters. The fraction of sp³-hybridized carbons (Fsp3) is 0.375. The number of amides is 6. The summed E-state index contributed by atoms with van der Waals surface area (Å²) in [6.45, 7) is 16.0. The molecule has 21 heteroatoms. The smallest absolute Gasteiger partial charge is 0.319 e. The molecular formula is C40H47IN12O8. The molecule has 0 aromatic carbocycles. The Morgan fingerprint density at radius 3 is 1.62 bits per heavy atom. The summed E-state index contributed by atoms with van der Waals surface area (Å²) in [6, 6.07) is 4.88. The molecule has 61 heavy (non-hydrogen) atoms. The SMILES string of the molecule is C=CCON1C(=O)N2CC(I)=CC1C2.C=CCON1C(=O)N2CC(n3ccc(C(C)=O)n3)=CC1C2.CC(=O)c1ccn(C2=CC3CN(C2)C(=O)N3C)n1.CC(=O)c1ccn[nH]1. The highest BCUT2D eigenvalue weighted by molar-refractivity contribution is 14.1. The first-order chi connectivity index (χ1) is 29.2. The molecule has 9 heterocycles. The summed E-state index contributed by atoms with van der Waals surface area (Å²) < 4.78 is 4.51. The number of hydrogen-bond donors (Lipinski definition) is 1. The van der Waals surface area contributed by atoms with E-state index in [0.29, 0.717) is 49.9 Å². The van der Waals surface area contributed by atoms with Gasteiger partial charge in [0.1, 0.15) is 17.1 Å². The second-order valence-corrected chi connectivity index (χ2v) is 15.9. The van der Waals surface area contributed by atoms with Crippen LogP contribution in [0.25, 0.3) is 11.4 Å². The maximum atomic E-state index is 12.2. The lowest BCUT2D eigenvalue weighted by Crippen LogP contribution is -2.33. The van der Waals surface area contributed by atoms with E-state index < -0.39 is 0 Å². The standard InChI is InChI=1S/C14H16N4O3.C12H14N4O2.C9H11IN2O2.C5H6N2O/c1-3-6-21-18-12-7-11(8-16(9-12)14(18)20)17-5-4-13(15-17)10(2)19;1-8(17)11-3-4-16(13-11)10-5-9-6-15(7-10)12(18)14(9)2;1-2-3-14-12-8-4-7(10)5-11(6-8)9(12)13;1-4(8)5-2-3-6-7-5/h3-5,7,12H,1,6,8-9H2,2H3;3-5,9H,6-7H2,1-2H3;2,4,8H,1,3,5-6H2;2-3H,1H3,(H,6,7). The third-order valence-electron chi connectivity index (χ3n) is 10.0. The molecule has 6 aliphatic heterocycles. The number of urea groups is 3. The van der Waals surface area contributed by atoms with Gasteiger partial charge in [0.25, 0.3) is 0 Å². The maximum absolute atomic E-state index is 12.2. The Balaban J connectivity index is 0.000000142. The van der Waals surface area contributed by atoms with Crippen molar-refractivity contribution in [1.82, 2.24) is 59.5 Å². The summed E-state index contributed by atoms with van der Waals surface area (Å²) >= 11 is 2.25. The van der Waals surface area contributed by atoms with Gasteiger partial charge >= 0.3 is 18.1 Å². The summed E-state index contributed by atoms with van der Waals surface area (Å²) in [4.78, 5) is 86.3. The number of nitrogens with zero attached hydrogens (tertiary/aromatic N) is 11. The molecule has 6 aliphatic rings. The zero-order valence-electron chi connectivity index (χ0n) is 34.2. The van der Waals surface area contributed by atoms with Crippen molar-refractivity contribution in [1.29, 1.82) is 0 Å². The Morgan fingerprint density at radius 2 is 1.20 bits per heavy atom. The van der Waals surface area contributed by atoms with Gasteiger partial charge in [-0.25, -0.2) is 23.7 Å². The summed E-state index contributed by atoms with van der Waals surface area (Å²) in [5, 5.41) is 17.4. The molecule has 0 radical (unpaired) electrons. The average molecular weight is 951 g/mol. The van der Waals surface area contributed by atoms with E-state index in [9.17, 15) is 28.8 Å². The number of Topliss-reactive ketones (excluding diaryl/α,β-unsaturated/α-hetero) is 3. The lowest BCUT2D eigenvalue weighted by Gasteiger charge is -2.21. The van der Waals surface area contributed by atoms with E-state index in [1.807, 2.05) is 12.2 Å². The number of H-pyrrole nitrogens is 1. The molecule has 0 spiro atoms. The van der Waals surface area contributed by atoms with Crippen LogP contribution in [0.3, 0.4) is 0 Å². The predicted molar refractivity (Wildman–Crippen MR) is 230 cm³/mol. The molecule has 0 aliphatic carbocycles. The lowest BCUT2D eigenvalue weighted by atomic mass is 10.2. The fourth-order valence-electron chi connectivity index (χ4n) is 6.96. The highest BCUT2D eigenvalue weighted by Crippen LogP contribution is 2.29. The number of fused-ring (bicyclic) bond motifs is 6. The summed E-state index contributed by atoms with van der Waals surface area (Å²) in [5.41, 5.74) is 3.22. The van der Waals surface area contributed by atoms with Crippen molar-refractivity contribution in [2.45, 2.75) is 38.9 Å². The van der Waals surface area contributed by atoms with Crippen LogP contribution < -0.4 is 0 Å². The number of hydroxylamine groups is 4. The number of aromatic amines is 1. The van der Waals surface area contributed by atoms with Gasteiger partial charge in [-0.2, -0.15) is 25.4 Å². The van der Waals surface area contributed by atoms with Crippen LogP contribution in [0.1, 0.15) is 52.2 Å². The van der Waals surface area contributed by atoms with Crippen LogP contribution >= 0.6 is 22.6 Å². The number of aromatic nitrogens is 6. The van der Waals surface area contributed by atoms with Crippen molar-refractivity contribution in [3.05, 3.63) is 101 Å². The monoisotopic (exact) mass is 950 g/mol. The molecule has 3 aromatic rings. The van der Waals surface area contributed by atoms with Crippen molar-refractivity contribution in [3.63, 3.8) is 0 Å². The van der Waals surface area contributed by atoms with Gasteiger partial charge in [-0.15, -0.1) is 13.2 Å². The first-order valence-electron chi connectivity index (χ1n) is 19.3. The molecule has 9 rings (SSSR count). The Hall–Kier alpha value is -6.20. The molecule has 3 atom stereocenters. The highest BCUT2D eigenvalue weighted by atomic mass is 127. The van der Waals surface area contributed by atoms with Gasteiger partial charge in [0, 0.05) is 69.6 Å². The van der Waals surface area contributed by atoms with Crippen molar-refractivity contribution in [2.75, 3.05) is 59.5 Å². The number of carbonyl (C=O) groups is 6. The Morgan fingerprint density at radius 1 is 0.721 bits per heavy atom. The summed E-state index contributed by atoms with van der Waals surface area (Å²) in [6.07, 6.45) is 14.3. The van der Waals surface area contributed by atoms with Gasteiger partial charge in [-0.05, 0) is 59.0 Å². The topological polar surface area (TPSA) is 205 Å². The van der Waals surface area contributed by atoms with E-state index in [4.69, 9.17) is 9.68 Å². The number of hydrogen-bond acceptors (Lipinski definition) is 11. The first kappa shape index (κ1) is 44.4. The minimum atomic E-state index is -0.160. The Labute approximate surface area is 365 Å². The van der Waals surface area contributed by atoms with Crippen LogP contribution in [0.15, 0.2) is 83.9 Å². The predicted octanol–water partition coefficient (Wildman–Crippen LogP) is 4.00. The highest BCUT2D eigenvalue weighted by Gasteiger charge is 2.42. The molecule has 6 amide bonds. The van der Waals surface area contributed by atoms with E-state index in [2.05, 4.69) is 62.2 Å². The van der Waals surface area contributed by atoms with Crippen molar-refractivity contribution in [2.24, 2.45) is 0 Å². The van der Waals surface area contributed by atoms with E-state index in [0.717, 1.165) is 24.5 Å². The van der Waals surface area contributed by atoms with E-state index in [-0.39, 0.29) is 60.2 Å². The first-order valence-corrected chi connectivity index (χ1v) is 20.3. The summed E-state index contributed by atoms with van der Waals surface area (Å²) in [7, 11) is 1.80. The zero-order chi connectivity index (χ0) is 44.0. The Bertz CT molecular complexity index is 2280. The summed E-state index contributed by atoms with van der Waals surface area (Å²) in [5.74, 6) is -0.121. The largest absolute Gasteiger partial charge is 0.345 e. The van der Waals surface area contributed by atoms with Gasteiger partial charge in [0.2, 0.25) is 0 Å². The maximum Gasteiger partial charge on any atom is 0.345 e. The molecule has 20 nitrogen and oxygen atoms in total. The molecule has 322 valence electrons. The van der Waals surface area contributed by atoms with Crippen LogP contribution in [0.2, 0.25) is 0 Å². The van der Waals surface area contributed by atoms with Crippen LogP contribution in [0.5, 0.6) is 0 Å². The van der Waals surface area contributed by atoms with Crippen molar-refractivity contribution in [3.8, 4) is 0 Å². The average Bonchev–Trinajstić information content (AvgIpc) is 4.11. The minimum Gasteiger partial charge on any atom is -0.319 e. The van der Waals surface area contributed by atoms with Crippen LogP contribution in [0, 0.1) is 0 Å². The van der Waals surface area contributed by atoms with Gasteiger partial charge < -0.3 is 19.6 Å². The molecular weight excluding hydrogens is 903 g/mol. The van der Waals surface area contributed by atoms with Gasteiger partial charge in [0.15, 0.2) is 17.3 Å². The number of likely N-dealkylation sites (N-methyl/N-ethyl adjacent to an activating group) is 1. The van der Waals surface area contributed by atoms with Gasteiger partial charge in [0.05, 0.1) is 62.4 Å². The Kier molecular flexibility index (Phi) is 14.1. The fourth-order valence-corrected chi connectivity index (χ4v) is 7.78. The normalized spacial score (nSPS) is 20.8. The number of rotatable bonds is 11. The zero-order valence-corrected chi connectivity index (χ0v) is 36.4. The van der Waals surface area contributed by atoms with Crippen molar-refractivity contribution < 1.29 is 38.4 Å². The lowest BCUT2D eigenvalue weighted by molar-refractivity contribution is -0.107.